The summed E-state index contributed by atoms with van der Waals surface area (Å²) in [4.78, 5) is 20.8. The number of carbonyl (C=O) groups is 1. The van der Waals surface area contributed by atoms with Gasteiger partial charge >= 0.3 is 0 Å². The van der Waals surface area contributed by atoms with Crippen LogP contribution in [0.4, 0.5) is 0 Å². The molecule has 1 amide bonds. The normalized spacial score (nSPS) is 10.8. The van der Waals surface area contributed by atoms with E-state index in [-0.39, 0.29) is 5.91 Å². The average Bonchev–Trinajstić information content (AvgIpc) is 3.20. The van der Waals surface area contributed by atoms with Crippen LogP contribution in [-0.4, -0.2) is 30.1 Å². The molecule has 0 saturated heterocycles. The van der Waals surface area contributed by atoms with Crippen molar-refractivity contribution in [1.29, 1.82) is 0 Å². The Hall–Kier alpha value is -2.71. The van der Waals surface area contributed by atoms with Crippen LogP contribution in [0.5, 0.6) is 11.5 Å². The molecule has 1 N–H and O–H groups in total. The van der Waals surface area contributed by atoms with Crippen LogP contribution >= 0.6 is 27.3 Å². The molecule has 2 aromatic heterocycles. The Bertz CT molecular complexity index is 990. The van der Waals surface area contributed by atoms with Crippen molar-refractivity contribution in [3.05, 3.63) is 63.8 Å². The van der Waals surface area contributed by atoms with E-state index >= 15 is 0 Å². The molecule has 3 aromatic rings. The highest BCUT2D eigenvalue weighted by atomic mass is 79.9. The van der Waals surface area contributed by atoms with E-state index in [1.54, 1.807) is 38.8 Å². The first-order chi connectivity index (χ1) is 13.6. The van der Waals surface area contributed by atoms with Crippen molar-refractivity contribution in [3.8, 4) is 22.1 Å². The van der Waals surface area contributed by atoms with Gasteiger partial charge in [0.2, 0.25) is 5.91 Å². The van der Waals surface area contributed by atoms with Gasteiger partial charge in [-0.1, -0.05) is 0 Å². The van der Waals surface area contributed by atoms with Gasteiger partial charge in [0.05, 0.1) is 30.9 Å². The van der Waals surface area contributed by atoms with E-state index in [0.717, 1.165) is 26.3 Å². The number of aromatic nitrogens is 2. The van der Waals surface area contributed by atoms with Crippen LogP contribution in [0.15, 0.2) is 52.6 Å². The number of hydrogen-bond acceptors (Lipinski definition) is 6. The molecule has 0 spiro atoms. The molecule has 28 heavy (non-hydrogen) atoms. The van der Waals surface area contributed by atoms with Gasteiger partial charge in [0.1, 0.15) is 5.01 Å². The largest absolute Gasteiger partial charge is 0.493 e. The van der Waals surface area contributed by atoms with Gasteiger partial charge in [-0.05, 0) is 51.8 Å². The van der Waals surface area contributed by atoms with Crippen LogP contribution in [0.1, 0.15) is 11.3 Å². The van der Waals surface area contributed by atoms with Crippen LogP contribution in [0.25, 0.3) is 16.6 Å². The summed E-state index contributed by atoms with van der Waals surface area (Å²) in [6, 6.07) is 7.48. The van der Waals surface area contributed by atoms with Crippen molar-refractivity contribution in [2.75, 3.05) is 14.2 Å². The van der Waals surface area contributed by atoms with Gasteiger partial charge in [0.15, 0.2) is 11.5 Å². The Balaban J connectivity index is 1.60. The minimum absolute atomic E-state index is 0.207. The fraction of sp³-hybridized carbons (Fsp3) is 0.150. The Morgan fingerprint density at radius 1 is 1.32 bits per heavy atom. The third kappa shape index (κ3) is 4.96. The molecule has 0 radical (unpaired) electrons. The van der Waals surface area contributed by atoms with Crippen LogP contribution in [0.3, 0.4) is 0 Å². The molecule has 0 aliphatic heterocycles. The minimum atomic E-state index is -0.207. The smallest absolute Gasteiger partial charge is 0.244 e. The minimum Gasteiger partial charge on any atom is -0.493 e. The van der Waals surface area contributed by atoms with Crippen molar-refractivity contribution in [2.24, 2.45) is 0 Å². The predicted molar refractivity (Wildman–Crippen MR) is 113 cm³/mol. The molecule has 6 nitrogen and oxygen atoms in total. The Kier molecular flexibility index (Phi) is 6.78. The SMILES string of the molecule is COc1cc(/C=C/C(=O)NCc2csc(-c3cccnc3)n2)cc(Br)c1OC. The molecule has 1 aromatic carbocycles. The lowest BCUT2D eigenvalue weighted by Gasteiger charge is -2.10. The molecule has 0 aliphatic rings. The summed E-state index contributed by atoms with van der Waals surface area (Å²) in [7, 11) is 3.14. The van der Waals surface area contributed by atoms with E-state index in [2.05, 4.69) is 31.2 Å². The number of benzene rings is 1. The van der Waals surface area contributed by atoms with Crippen molar-refractivity contribution < 1.29 is 14.3 Å². The molecule has 3 rings (SSSR count). The number of methoxy groups -OCH3 is 2. The van der Waals surface area contributed by atoms with Crippen LogP contribution in [0.2, 0.25) is 0 Å². The number of nitrogens with one attached hydrogen (secondary N) is 1. The summed E-state index contributed by atoms with van der Waals surface area (Å²) in [6.45, 7) is 0.357. The van der Waals surface area contributed by atoms with Gasteiger partial charge in [-0.25, -0.2) is 4.98 Å². The van der Waals surface area contributed by atoms with Crippen molar-refractivity contribution >= 4 is 39.2 Å². The lowest BCUT2D eigenvalue weighted by Crippen LogP contribution is -2.20. The van der Waals surface area contributed by atoms with Crippen molar-refractivity contribution in [2.45, 2.75) is 6.54 Å². The zero-order valence-electron chi connectivity index (χ0n) is 15.3. The second kappa shape index (κ2) is 9.48. The molecule has 144 valence electrons. The van der Waals surface area contributed by atoms with E-state index in [1.165, 1.54) is 17.4 Å². The number of ether oxygens (including phenoxy) is 2. The zero-order chi connectivity index (χ0) is 19.9. The molecule has 0 saturated carbocycles. The summed E-state index contributed by atoms with van der Waals surface area (Å²) in [5, 5.41) is 5.64. The van der Waals surface area contributed by atoms with E-state index in [0.29, 0.717) is 18.0 Å². The quantitative estimate of drug-likeness (QED) is 0.532. The van der Waals surface area contributed by atoms with E-state index in [1.807, 2.05) is 23.6 Å². The van der Waals surface area contributed by atoms with Crippen LogP contribution < -0.4 is 14.8 Å². The Morgan fingerprint density at radius 2 is 2.18 bits per heavy atom. The van der Waals surface area contributed by atoms with Gasteiger partial charge in [-0.15, -0.1) is 11.3 Å². The van der Waals surface area contributed by atoms with Crippen LogP contribution in [0, 0.1) is 0 Å². The Labute approximate surface area is 175 Å². The fourth-order valence-corrected chi connectivity index (χ4v) is 3.88. The highest BCUT2D eigenvalue weighted by Crippen LogP contribution is 2.36. The molecule has 0 atom stereocenters. The lowest BCUT2D eigenvalue weighted by molar-refractivity contribution is -0.116. The topological polar surface area (TPSA) is 73.3 Å². The number of halogens is 1. The summed E-state index contributed by atoms with van der Waals surface area (Å²) in [5.41, 5.74) is 2.58. The van der Waals surface area contributed by atoms with Crippen LogP contribution in [-0.2, 0) is 11.3 Å². The maximum Gasteiger partial charge on any atom is 0.244 e. The first-order valence-corrected chi connectivity index (χ1v) is 10.00. The number of pyridine rings is 1. The number of rotatable bonds is 7. The Morgan fingerprint density at radius 3 is 2.89 bits per heavy atom. The third-order valence-corrected chi connectivity index (χ3v) is 5.32. The lowest BCUT2D eigenvalue weighted by atomic mass is 10.2. The zero-order valence-corrected chi connectivity index (χ0v) is 17.7. The van der Waals surface area contributed by atoms with E-state index in [4.69, 9.17) is 9.47 Å². The number of carbonyl (C=O) groups excluding carboxylic acids is 1. The van der Waals surface area contributed by atoms with Gasteiger partial charge in [0.25, 0.3) is 0 Å². The highest BCUT2D eigenvalue weighted by molar-refractivity contribution is 9.10. The standard InChI is InChI=1S/C20H18BrN3O3S/c1-26-17-9-13(8-16(21)19(17)27-2)5-6-18(25)23-11-15-12-28-20(24-15)14-4-3-7-22-10-14/h3-10,12H,11H2,1-2H3,(H,23,25)/b6-5+. The predicted octanol–water partition coefficient (Wildman–Crippen LogP) is 4.31. The second-order valence-corrected chi connectivity index (χ2v) is 7.39. The number of nitrogens with zero attached hydrogens (tertiary/aromatic N) is 2. The molecular weight excluding hydrogens is 442 g/mol. The summed E-state index contributed by atoms with van der Waals surface area (Å²) < 4.78 is 11.3. The van der Waals surface area contributed by atoms with Gasteiger partial charge in [-0.2, -0.15) is 0 Å². The third-order valence-electron chi connectivity index (χ3n) is 3.79. The number of amides is 1. The summed E-state index contributed by atoms with van der Waals surface area (Å²) >= 11 is 4.96. The van der Waals surface area contributed by atoms with E-state index in [9.17, 15) is 4.79 Å². The van der Waals surface area contributed by atoms with Gasteiger partial charge < -0.3 is 14.8 Å². The van der Waals surface area contributed by atoms with E-state index < -0.39 is 0 Å². The molecular formula is C20H18BrN3O3S. The molecule has 0 fully saturated rings. The monoisotopic (exact) mass is 459 g/mol. The molecule has 0 unspecified atom stereocenters. The van der Waals surface area contributed by atoms with Gasteiger partial charge in [-0.3, -0.25) is 9.78 Å². The fourth-order valence-electron chi connectivity index (χ4n) is 2.45. The number of hydrogen-bond donors (Lipinski definition) is 1. The first kappa shape index (κ1) is 20.0. The average molecular weight is 460 g/mol. The molecule has 0 bridgehead atoms. The van der Waals surface area contributed by atoms with Gasteiger partial charge in [0, 0.05) is 29.4 Å². The highest BCUT2D eigenvalue weighted by Gasteiger charge is 2.10. The molecule has 2 heterocycles. The van der Waals surface area contributed by atoms with Crippen molar-refractivity contribution in [1.82, 2.24) is 15.3 Å². The maximum absolute atomic E-state index is 12.1. The van der Waals surface area contributed by atoms with Crippen molar-refractivity contribution in [3.63, 3.8) is 0 Å². The molecule has 8 heteroatoms. The number of thiazole rings is 1. The summed E-state index contributed by atoms with van der Waals surface area (Å²) in [5.74, 6) is 0.987. The summed E-state index contributed by atoms with van der Waals surface area (Å²) in [6.07, 6.45) is 6.68. The maximum atomic E-state index is 12.1. The molecule has 0 aliphatic carbocycles. The first-order valence-electron chi connectivity index (χ1n) is 8.33. The second-order valence-electron chi connectivity index (χ2n) is 5.68.